The molecule has 30 heavy (non-hydrogen) atoms. The molecule has 1 aromatic carbocycles. The van der Waals surface area contributed by atoms with Crippen LogP contribution in [0.4, 0.5) is 0 Å². The Morgan fingerprint density at radius 3 is 2.60 bits per heavy atom. The topological polar surface area (TPSA) is 130 Å². The van der Waals surface area contributed by atoms with Crippen LogP contribution in [0.5, 0.6) is 0 Å². The van der Waals surface area contributed by atoms with Gasteiger partial charge in [-0.15, -0.1) is 0 Å². The molecule has 10 heteroatoms. The quantitative estimate of drug-likeness (QED) is 0.572. The summed E-state index contributed by atoms with van der Waals surface area (Å²) < 4.78 is 36.1. The van der Waals surface area contributed by atoms with Crippen LogP contribution in [-0.2, 0) is 28.7 Å². The van der Waals surface area contributed by atoms with Crippen molar-refractivity contribution in [1.82, 2.24) is 15.0 Å². The molecule has 1 aliphatic rings. The van der Waals surface area contributed by atoms with Crippen molar-refractivity contribution in [3.05, 3.63) is 65.2 Å². The Bertz CT molecular complexity index is 1110. The Morgan fingerprint density at radius 2 is 1.90 bits per heavy atom. The predicted octanol–water partition coefficient (Wildman–Crippen LogP) is 1.75. The maximum Gasteiger partial charge on any atom is 0.244 e. The smallest absolute Gasteiger partial charge is 0.244 e. The first-order chi connectivity index (χ1) is 14.3. The van der Waals surface area contributed by atoms with E-state index in [0.717, 1.165) is 5.56 Å². The van der Waals surface area contributed by atoms with Crippen molar-refractivity contribution >= 4 is 9.84 Å². The van der Waals surface area contributed by atoms with Gasteiger partial charge in [0.1, 0.15) is 23.9 Å². The fourth-order valence-corrected chi connectivity index (χ4v) is 4.74. The number of benzene rings is 1. The fraction of sp³-hybridized carbons (Fsp3) is 0.400. The molecule has 160 valence electrons. The summed E-state index contributed by atoms with van der Waals surface area (Å²) in [5.74, 6) is 1.07. The Labute approximate surface area is 173 Å². The van der Waals surface area contributed by atoms with Gasteiger partial charge in [0, 0.05) is 6.54 Å². The van der Waals surface area contributed by atoms with Crippen molar-refractivity contribution in [3.63, 3.8) is 0 Å². The van der Waals surface area contributed by atoms with Crippen LogP contribution in [0, 0.1) is 6.92 Å². The number of rotatable bonds is 7. The van der Waals surface area contributed by atoms with Gasteiger partial charge in [-0.25, -0.2) is 8.42 Å². The maximum absolute atomic E-state index is 12.6. The maximum atomic E-state index is 12.6. The number of hydrogen-bond donors (Lipinski definition) is 2. The molecule has 2 atom stereocenters. The lowest BCUT2D eigenvalue weighted by Gasteiger charge is -2.19. The number of β-amino-alcohol motifs (C(OH)–C–C–N with tert-alkyl or cyclic N) is 1. The van der Waals surface area contributed by atoms with Crippen molar-refractivity contribution in [2.45, 2.75) is 49.3 Å². The summed E-state index contributed by atoms with van der Waals surface area (Å²) in [4.78, 5) is 6.42. The highest BCUT2D eigenvalue weighted by atomic mass is 32.2. The van der Waals surface area contributed by atoms with Gasteiger partial charge in [0.15, 0.2) is 15.7 Å². The molecule has 2 aromatic heterocycles. The number of nitrogens with zero attached hydrogens (tertiary/aromatic N) is 3. The van der Waals surface area contributed by atoms with E-state index in [2.05, 4.69) is 10.1 Å². The SMILES string of the molecule is Cc1ccc(S(=O)(=O)Cc2noc(C3CC(O)CN3Cc3ccc(CO)o3)n2)cc1. The molecular weight excluding hydrogens is 410 g/mol. The third-order valence-electron chi connectivity index (χ3n) is 5.08. The molecule has 0 spiro atoms. The highest BCUT2D eigenvalue weighted by molar-refractivity contribution is 7.90. The Kier molecular flexibility index (Phi) is 5.74. The lowest BCUT2D eigenvalue weighted by molar-refractivity contribution is 0.160. The molecule has 4 rings (SSSR count). The first-order valence-corrected chi connectivity index (χ1v) is 11.2. The van der Waals surface area contributed by atoms with E-state index in [9.17, 15) is 13.5 Å². The third-order valence-corrected chi connectivity index (χ3v) is 6.71. The Hall–Kier alpha value is -2.53. The number of aliphatic hydroxyl groups is 2. The number of aryl methyl sites for hydroxylation is 1. The number of sulfone groups is 1. The lowest BCUT2D eigenvalue weighted by atomic mass is 10.2. The highest BCUT2D eigenvalue weighted by Gasteiger charge is 2.36. The van der Waals surface area contributed by atoms with Crippen LogP contribution >= 0.6 is 0 Å². The predicted molar refractivity (Wildman–Crippen MR) is 105 cm³/mol. The van der Waals surface area contributed by atoms with Crippen molar-refractivity contribution in [2.24, 2.45) is 0 Å². The molecule has 0 radical (unpaired) electrons. The zero-order chi connectivity index (χ0) is 21.3. The van der Waals surface area contributed by atoms with Crippen molar-refractivity contribution in [1.29, 1.82) is 0 Å². The van der Waals surface area contributed by atoms with Crippen molar-refractivity contribution in [3.8, 4) is 0 Å². The summed E-state index contributed by atoms with van der Waals surface area (Å²) in [6, 6.07) is 9.70. The van der Waals surface area contributed by atoms with Gasteiger partial charge in [0.05, 0.1) is 23.6 Å². The fourth-order valence-electron chi connectivity index (χ4n) is 3.56. The van der Waals surface area contributed by atoms with Crippen LogP contribution in [0.1, 0.15) is 41.3 Å². The summed E-state index contributed by atoms with van der Waals surface area (Å²) in [6.45, 7) is 2.48. The molecular formula is C20H23N3O6S. The molecule has 3 heterocycles. The molecule has 9 nitrogen and oxygen atoms in total. The van der Waals surface area contributed by atoms with Gasteiger partial charge in [-0.2, -0.15) is 4.98 Å². The van der Waals surface area contributed by atoms with Crippen LogP contribution in [0.15, 0.2) is 50.2 Å². The summed E-state index contributed by atoms with van der Waals surface area (Å²) in [7, 11) is -3.60. The van der Waals surface area contributed by atoms with Crippen LogP contribution in [0.3, 0.4) is 0 Å². The monoisotopic (exact) mass is 433 g/mol. The van der Waals surface area contributed by atoms with E-state index in [0.29, 0.717) is 31.0 Å². The molecule has 0 aliphatic carbocycles. The first-order valence-electron chi connectivity index (χ1n) is 9.56. The molecule has 2 N–H and O–H groups in total. The minimum Gasteiger partial charge on any atom is -0.462 e. The zero-order valence-electron chi connectivity index (χ0n) is 16.4. The van der Waals surface area contributed by atoms with E-state index in [4.69, 9.17) is 14.0 Å². The van der Waals surface area contributed by atoms with Crippen LogP contribution in [-0.4, -0.2) is 46.3 Å². The van der Waals surface area contributed by atoms with E-state index in [1.54, 1.807) is 36.4 Å². The lowest BCUT2D eigenvalue weighted by Crippen LogP contribution is -2.24. The van der Waals surface area contributed by atoms with Gasteiger partial charge >= 0.3 is 0 Å². The van der Waals surface area contributed by atoms with E-state index in [1.807, 2.05) is 11.8 Å². The average molecular weight is 433 g/mol. The van der Waals surface area contributed by atoms with Gasteiger partial charge < -0.3 is 19.2 Å². The van der Waals surface area contributed by atoms with Gasteiger partial charge in [-0.3, -0.25) is 4.90 Å². The second-order valence-electron chi connectivity index (χ2n) is 7.48. The van der Waals surface area contributed by atoms with E-state index in [-0.39, 0.29) is 35.0 Å². The number of likely N-dealkylation sites (tertiary alicyclic amines) is 1. The van der Waals surface area contributed by atoms with Gasteiger partial charge in [-0.1, -0.05) is 22.9 Å². The van der Waals surface area contributed by atoms with Crippen molar-refractivity contribution < 1.29 is 27.6 Å². The third kappa shape index (κ3) is 4.46. The number of furan rings is 1. The first kappa shape index (κ1) is 20.7. The highest BCUT2D eigenvalue weighted by Crippen LogP contribution is 2.33. The number of hydrogen-bond acceptors (Lipinski definition) is 9. The minimum atomic E-state index is -3.60. The summed E-state index contributed by atoms with van der Waals surface area (Å²) in [5, 5.41) is 23.1. The Morgan fingerprint density at radius 1 is 1.17 bits per heavy atom. The molecule has 1 saturated heterocycles. The van der Waals surface area contributed by atoms with E-state index >= 15 is 0 Å². The zero-order valence-corrected chi connectivity index (χ0v) is 17.2. The van der Waals surface area contributed by atoms with Crippen molar-refractivity contribution in [2.75, 3.05) is 6.54 Å². The van der Waals surface area contributed by atoms with Gasteiger partial charge in [0.25, 0.3) is 0 Å². The van der Waals surface area contributed by atoms with E-state index < -0.39 is 15.9 Å². The molecule has 1 fully saturated rings. The van der Waals surface area contributed by atoms with Crippen LogP contribution < -0.4 is 0 Å². The summed E-state index contributed by atoms with van der Waals surface area (Å²) >= 11 is 0. The Balaban J connectivity index is 1.49. The van der Waals surface area contributed by atoms with E-state index in [1.165, 1.54) is 0 Å². The minimum absolute atomic E-state index is 0.0764. The van der Waals surface area contributed by atoms with Gasteiger partial charge in [-0.05, 0) is 37.6 Å². The average Bonchev–Trinajstić information content (AvgIpc) is 3.42. The largest absolute Gasteiger partial charge is 0.462 e. The number of aromatic nitrogens is 2. The standard InChI is InChI=1S/C20H23N3O6S/c1-13-2-6-17(7-3-13)30(26,27)12-19-21-20(29-22-19)18-8-14(25)9-23(18)10-15-4-5-16(11-24)28-15/h2-7,14,18,24-25H,8-12H2,1H3. The molecule has 0 saturated carbocycles. The molecule has 2 unspecified atom stereocenters. The summed E-state index contributed by atoms with van der Waals surface area (Å²) in [5.41, 5.74) is 0.971. The number of aliphatic hydroxyl groups excluding tert-OH is 2. The normalized spacial score (nSPS) is 20.1. The molecule has 3 aromatic rings. The van der Waals surface area contributed by atoms with Gasteiger partial charge in [0.2, 0.25) is 5.89 Å². The molecule has 1 aliphatic heterocycles. The second-order valence-corrected chi connectivity index (χ2v) is 9.47. The van der Waals surface area contributed by atoms with Crippen LogP contribution in [0.25, 0.3) is 0 Å². The molecule has 0 amide bonds. The summed E-state index contributed by atoms with van der Waals surface area (Å²) in [6.07, 6.45) is -0.186. The second kappa shape index (κ2) is 8.31. The molecule has 0 bridgehead atoms. The van der Waals surface area contributed by atoms with Crippen LogP contribution in [0.2, 0.25) is 0 Å².